The van der Waals surface area contributed by atoms with E-state index in [0.29, 0.717) is 4.48 Å². The van der Waals surface area contributed by atoms with Crippen LogP contribution in [-0.2, 0) is 4.79 Å². The maximum atomic E-state index is 11.2. The van der Waals surface area contributed by atoms with E-state index >= 15 is 0 Å². The van der Waals surface area contributed by atoms with E-state index < -0.39 is 5.79 Å². The van der Waals surface area contributed by atoms with Crippen LogP contribution < -0.4 is 14.4 Å². The summed E-state index contributed by atoms with van der Waals surface area (Å²) in [6, 6.07) is 6.08. The van der Waals surface area contributed by atoms with E-state index in [9.17, 15) is 4.79 Å². The standard InChI is InChI=1S/C16H23N2O3/c1-16(2)20-14-6-5-13(11-15(14)21-16)17-7-4-9-18(3,12-19)10-8-17/h5-6,11-12H,4,7-10H2,1-3H3/q+1. The topological polar surface area (TPSA) is 38.8 Å². The van der Waals surface area contributed by atoms with Gasteiger partial charge in [-0.2, -0.15) is 0 Å². The van der Waals surface area contributed by atoms with Crippen LogP contribution >= 0.6 is 0 Å². The molecule has 0 radical (unpaired) electrons. The molecule has 0 spiro atoms. The Bertz CT molecular complexity index is 558. The van der Waals surface area contributed by atoms with E-state index in [4.69, 9.17) is 9.47 Å². The van der Waals surface area contributed by atoms with Gasteiger partial charge in [-0.15, -0.1) is 0 Å². The average Bonchev–Trinajstić information content (AvgIpc) is 2.61. The van der Waals surface area contributed by atoms with Gasteiger partial charge in [0.2, 0.25) is 5.79 Å². The molecule has 0 saturated carbocycles. The van der Waals surface area contributed by atoms with Crippen LogP contribution in [0, 0.1) is 0 Å². The second kappa shape index (κ2) is 4.91. The van der Waals surface area contributed by atoms with Gasteiger partial charge < -0.3 is 14.4 Å². The lowest BCUT2D eigenvalue weighted by Crippen LogP contribution is -2.45. The van der Waals surface area contributed by atoms with Crippen LogP contribution in [0.25, 0.3) is 0 Å². The summed E-state index contributed by atoms with van der Waals surface area (Å²) in [5.41, 5.74) is 1.13. The zero-order chi connectivity index (χ0) is 15.1. The minimum absolute atomic E-state index is 0.494. The fourth-order valence-electron chi connectivity index (χ4n) is 2.97. The minimum Gasteiger partial charge on any atom is -0.449 e. The zero-order valence-electron chi connectivity index (χ0n) is 13.0. The van der Waals surface area contributed by atoms with E-state index in [-0.39, 0.29) is 0 Å². The quantitative estimate of drug-likeness (QED) is 0.617. The molecule has 5 nitrogen and oxygen atoms in total. The third-order valence-corrected chi connectivity index (χ3v) is 4.24. The number of likely N-dealkylation sites (N-methyl/N-ethyl adjacent to an activating group) is 1. The molecular weight excluding hydrogens is 268 g/mol. The predicted molar refractivity (Wildman–Crippen MR) is 80.6 cm³/mol. The van der Waals surface area contributed by atoms with Crippen molar-refractivity contribution in [2.75, 3.05) is 38.1 Å². The van der Waals surface area contributed by atoms with Gasteiger partial charge in [0.25, 0.3) is 0 Å². The van der Waals surface area contributed by atoms with Crippen molar-refractivity contribution in [2.24, 2.45) is 0 Å². The Kier molecular flexibility index (Phi) is 3.32. The van der Waals surface area contributed by atoms with Crippen LogP contribution in [0.4, 0.5) is 5.69 Å². The Balaban J connectivity index is 1.78. The number of benzene rings is 1. The predicted octanol–water partition coefficient (Wildman–Crippen LogP) is 2.01. The lowest BCUT2D eigenvalue weighted by molar-refractivity contribution is -0.822. The highest BCUT2D eigenvalue weighted by Gasteiger charge is 2.32. The molecule has 5 heteroatoms. The molecule has 114 valence electrons. The maximum Gasteiger partial charge on any atom is 0.301 e. The first-order chi connectivity index (χ1) is 9.91. The Morgan fingerprint density at radius 3 is 2.71 bits per heavy atom. The molecule has 0 aliphatic carbocycles. The van der Waals surface area contributed by atoms with Gasteiger partial charge in [0.05, 0.1) is 20.1 Å². The zero-order valence-corrected chi connectivity index (χ0v) is 13.0. The molecule has 2 aliphatic heterocycles. The molecule has 1 saturated heterocycles. The van der Waals surface area contributed by atoms with Gasteiger partial charge in [-0.3, -0.25) is 4.48 Å². The summed E-state index contributed by atoms with van der Waals surface area (Å²) in [6.45, 7) is 7.39. The first-order valence-corrected chi connectivity index (χ1v) is 7.48. The highest BCUT2D eigenvalue weighted by molar-refractivity contribution is 5.57. The lowest BCUT2D eigenvalue weighted by atomic mass is 10.2. The summed E-state index contributed by atoms with van der Waals surface area (Å²) in [5, 5.41) is 0. The number of amides is 1. The third-order valence-electron chi connectivity index (χ3n) is 4.24. The SMILES string of the molecule is CC1(C)Oc2ccc(N3CCC[N+](C)(C=O)CC3)cc2O1. The molecule has 0 bridgehead atoms. The molecule has 1 atom stereocenters. The van der Waals surface area contributed by atoms with E-state index in [0.717, 1.165) is 56.2 Å². The van der Waals surface area contributed by atoms with Crippen LogP contribution in [0.2, 0.25) is 0 Å². The normalized spacial score (nSPS) is 27.3. The second-order valence-corrected chi connectivity index (χ2v) is 6.61. The molecule has 3 rings (SSSR count). The highest BCUT2D eigenvalue weighted by Crippen LogP contribution is 2.41. The molecule has 1 fully saturated rings. The summed E-state index contributed by atoms with van der Waals surface area (Å²) >= 11 is 0. The molecule has 1 unspecified atom stereocenters. The van der Waals surface area contributed by atoms with Gasteiger partial charge in [0.1, 0.15) is 6.54 Å². The molecule has 1 aromatic carbocycles. The molecular formula is C16H23N2O3+. The number of carbonyl (C=O) groups is 1. The van der Waals surface area contributed by atoms with Crippen LogP contribution in [-0.4, -0.2) is 49.9 Å². The smallest absolute Gasteiger partial charge is 0.301 e. The van der Waals surface area contributed by atoms with E-state index in [2.05, 4.69) is 11.0 Å². The average molecular weight is 291 g/mol. The first-order valence-electron chi connectivity index (χ1n) is 7.48. The Morgan fingerprint density at radius 2 is 1.95 bits per heavy atom. The third kappa shape index (κ3) is 2.83. The largest absolute Gasteiger partial charge is 0.449 e. The summed E-state index contributed by atoms with van der Waals surface area (Å²) < 4.78 is 12.0. The van der Waals surface area contributed by atoms with Crippen molar-refractivity contribution in [3.63, 3.8) is 0 Å². The maximum absolute atomic E-state index is 11.2. The van der Waals surface area contributed by atoms with Gasteiger partial charge in [-0.1, -0.05) is 0 Å². The highest BCUT2D eigenvalue weighted by atomic mass is 16.7. The number of hydrogen-bond donors (Lipinski definition) is 0. The van der Waals surface area contributed by atoms with E-state index in [1.54, 1.807) is 0 Å². The fraction of sp³-hybridized carbons (Fsp3) is 0.562. The number of rotatable bonds is 2. The van der Waals surface area contributed by atoms with Gasteiger partial charge >= 0.3 is 6.41 Å². The molecule has 0 aromatic heterocycles. The molecule has 1 amide bonds. The summed E-state index contributed by atoms with van der Waals surface area (Å²) in [6.07, 6.45) is 2.07. The summed E-state index contributed by atoms with van der Waals surface area (Å²) in [7, 11) is 2.00. The number of anilines is 1. The lowest BCUT2D eigenvalue weighted by Gasteiger charge is -2.26. The molecule has 0 N–H and O–H groups in total. The number of hydrogen-bond acceptors (Lipinski definition) is 4. The van der Waals surface area contributed by atoms with Crippen LogP contribution in [0.15, 0.2) is 18.2 Å². The number of nitrogens with zero attached hydrogens (tertiary/aromatic N) is 2. The van der Waals surface area contributed by atoms with Gasteiger partial charge in [0, 0.05) is 38.6 Å². The molecule has 21 heavy (non-hydrogen) atoms. The van der Waals surface area contributed by atoms with Crippen molar-refractivity contribution in [3.8, 4) is 11.5 Å². The Hall–Kier alpha value is -1.75. The van der Waals surface area contributed by atoms with Crippen molar-refractivity contribution in [1.82, 2.24) is 0 Å². The number of ether oxygens (including phenoxy) is 2. The number of carbonyl (C=O) groups excluding carboxylic acids is 1. The van der Waals surface area contributed by atoms with E-state index in [1.165, 1.54) is 0 Å². The summed E-state index contributed by atoms with van der Waals surface area (Å²) in [4.78, 5) is 13.5. The van der Waals surface area contributed by atoms with Crippen LogP contribution in [0.5, 0.6) is 11.5 Å². The van der Waals surface area contributed by atoms with Crippen LogP contribution in [0.1, 0.15) is 20.3 Å². The second-order valence-electron chi connectivity index (χ2n) is 6.61. The van der Waals surface area contributed by atoms with Gasteiger partial charge in [0.15, 0.2) is 11.5 Å². The van der Waals surface area contributed by atoms with E-state index in [1.807, 2.05) is 33.0 Å². The van der Waals surface area contributed by atoms with Crippen molar-refractivity contribution in [1.29, 1.82) is 0 Å². The molecule has 2 aliphatic rings. The van der Waals surface area contributed by atoms with Gasteiger partial charge in [-0.25, -0.2) is 4.79 Å². The number of quaternary nitrogens is 1. The molecule has 1 aromatic rings. The Labute approximate surface area is 125 Å². The monoisotopic (exact) mass is 291 g/mol. The van der Waals surface area contributed by atoms with Gasteiger partial charge in [-0.05, 0) is 12.1 Å². The fourth-order valence-corrected chi connectivity index (χ4v) is 2.97. The van der Waals surface area contributed by atoms with Crippen LogP contribution in [0.3, 0.4) is 0 Å². The van der Waals surface area contributed by atoms with Crippen molar-refractivity contribution in [2.45, 2.75) is 26.1 Å². The molecule has 2 heterocycles. The summed E-state index contributed by atoms with van der Waals surface area (Å²) in [5.74, 6) is 1.01. The van der Waals surface area contributed by atoms with Crippen molar-refractivity contribution >= 4 is 12.1 Å². The first kappa shape index (κ1) is 14.2. The Morgan fingerprint density at radius 1 is 1.19 bits per heavy atom. The number of fused-ring (bicyclic) bond motifs is 1. The van der Waals surface area contributed by atoms with Crippen molar-refractivity contribution in [3.05, 3.63) is 18.2 Å². The minimum atomic E-state index is -0.591. The van der Waals surface area contributed by atoms with Crippen molar-refractivity contribution < 1.29 is 18.8 Å².